The number of benzene rings is 2. The zero-order valence-corrected chi connectivity index (χ0v) is 41.1. The first-order valence-corrected chi connectivity index (χ1v) is 25.5. The molecule has 5 atom stereocenters. The van der Waals surface area contributed by atoms with Crippen molar-refractivity contribution in [3.8, 4) is 23.0 Å². The number of alkyl halides is 8. The number of aromatic nitrogens is 5. The fourth-order valence-electron chi connectivity index (χ4n) is 8.38. The molecule has 3 amide bonds. The molecule has 1 saturated carbocycles. The maximum atomic E-state index is 15.6. The van der Waals surface area contributed by atoms with Crippen LogP contribution in [-0.2, 0) is 61.1 Å². The van der Waals surface area contributed by atoms with E-state index in [0.717, 1.165) is 49.6 Å². The van der Waals surface area contributed by atoms with Crippen LogP contribution in [-0.4, -0.2) is 105 Å². The molecule has 2 aliphatic carbocycles. The second-order valence-corrected chi connectivity index (χ2v) is 22.9. The van der Waals surface area contributed by atoms with Gasteiger partial charge in [0.15, 0.2) is 27.4 Å². The number of hydrogen-bond donors (Lipinski definition) is 4. The van der Waals surface area contributed by atoms with E-state index in [1.165, 1.54) is 13.8 Å². The molecule has 30 heteroatoms. The van der Waals surface area contributed by atoms with Gasteiger partial charge in [-0.05, 0) is 81.3 Å². The Morgan fingerprint density at radius 3 is 2.12 bits per heavy atom. The zero-order chi connectivity index (χ0) is 55.2. The van der Waals surface area contributed by atoms with Gasteiger partial charge in [-0.3, -0.25) is 14.2 Å². The normalized spacial score (nSPS) is 17.6. The third-order valence-electron chi connectivity index (χ3n) is 12.0. The van der Waals surface area contributed by atoms with Gasteiger partial charge < -0.3 is 20.8 Å². The van der Waals surface area contributed by atoms with Gasteiger partial charge in [-0.25, -0.2) is 40.2 Å². The second kappa shape index (κ2) is 19.0. The van der Waals surface area contributed by atoms with Crippen LogP contribution in [0.5, 0.6) is 0 Å². The van der Waals surface area contributed by atoms with E-state index in [4.69, 9.17) is 11.6 Å². The van der Waals surface area contributed by atoms with Crippen molar-refractivity contribution in [2.45, 2.75) is 93.8 Å². The third kappa shape index (κ3) is 11.0. The van der Waals surface area contributed by atoms with E-state index < -0.39 is 177 Å². The third-order valence-corrected chi connectivity index (χ3v) is 15.3. The molecule has 3 unspecified atom stereocenters. The van der Waals surface area contributed by atoms with Crippen LogP contribution in [0.25, 0.3) is 22.0 Å². The van der Waals surface area contributed by atoms with Crippen molar-refractivity contribution in [1.29, 1.82) is 0 Å². The molecule has 0 aliphatic heterocycles. The second-order valence-electron chi connectivity index (χ2n) is 18.1. The number of carbonyl (C=O) groups excluding carboxylic acids is 2. The van der Waals surface area contributed by atoms with Crippen molar-refractivity contribution in [1.82, 2.24) is 35.2 Å². The first kappa shape index (κ1) is 55.2. The van der Waals surface area contributed by atoms with E-state index in [2.05, 4.69) is 32.3 Å². The molecule has 1 fully saturated rings. The number of carboxylic acid groups (broad SMARTS) is 1. The predicted molar refractivity (Wildman–Crippen MR) is 242 cm³/mol. The SMILES string of the molecule is CC(O)C(NC(=O)N(c1nn(CC(F)(F)F)c2c(-c3ccc(C#CC(C)(C)S(C)(=O)=O)nc3C(Cc3cc(F)cc(F)c3)NC(=O)Cn3nc(C(F)(F)F)c4c3C(F)(F)[C@@H]3C[C@H]43)ccc(Cl)c12)S(C)(=O)=O)C(=O)O. The molecule has 0 bridgehead atoms. The summed E-state index contributed by atoms with van der Waals surface area (Å²) < 4.78 is 197. The monoisotopic (exact) mass is 1110 g/mol. The lowest BCUT2D eigenvalue weighted by atomic mass is 9.93. The van der Waals surface area contributed by atoms with Gasteiger partial charge in [0.25, 0.3) is 5.92 Å². The Balaban J connectivity index is 1.49. The summed E-state index contributed by atoms with van der Waals surface area (Å²) in [7, 11) is -8.99. The Hall–Kier alpha value is -6.51. The number of carboxylic acids is 1. The molecule has 74 heavy (non-hydrogen) atoms. The fourth-order valence-corrected chi connectivity index (χ4v) is 9.65. The number of urea groups is 1. The number of fused-ring (bicyclic) bond motifs is 4. The van der Waals surface area contributed by atoms with Gasteiger partial charge in [-0.2, -0.15) is 49.6 Å². The minimum Gasteiger partial charge on any atom is -0.480 e. The van der Waals surface area contributed by atoms with E-state index in [1.54, 1.807) is 5.32 Å². The molecule has 398 valence electrons. The van der Waals surface area contributed by atoms with E-state index in [0.29, 0.717) is 12.3 Å². The number of sulfone groups is 1. The quantitative estimate of drug-likeness (QED) is 0.0680. The van der Waals surface area contributed by atoms with Crippen LogP contribution >= 0.6 is 11.6 Å². The minimum absolute atomic E-state index is 0.142. The number of anilines is 1. The number of nitrogens with one attached hydrogen (secondary N) is 2. The summed E-state index contributed by atoms with van der Waals surface area (Å²) in [6.07, 6.45) is -12.2. The number of aliphatic carboxylic acids is 1. The van der Waals surface area contributed by atoms with Crippen molar-refractivity contribution in [3.63, 3.8) is 0 Å². The minimum atomic E-state index is -5.25. The fraction of sp³-hybridized carbons (Fsp3) is 0.409. The topological polar surface area (TPSA) is 236 Å². The Morgan fingerprint density at radius 2 is 1.57 bits per heavy atom. The van der Waals surface area contributed by atoms with Crippen molar-refractivity contribution in [3.05, 3.63) is 93.0 Å². The van der Waals surface area contributed by atoms with E-state index in [9.17, 15) is 76.6 Å². The number of rotatable bonds is 14. The van der Waals surface area contributed by atoms with Gasteiger partial charge in [0.2, 0.25) is 15.9 Å². The molecule has 3 aromatic heterocycles. The molecule has 3 heterocycles. The number of amides is 3. The Labute approximate surface area is 417 Å². The zero-order valence-electron chi connectivity index (χ0n) is 38.7. The highest BCUT2D eigenvalue weighted by atomic mass is 35.5. The lowest BCUT2D eigenvalue weighted by Gasteiger charge is -2.24. The molecule has 0 radical (unpaired) electrons. The summed E-state index contributed by atoms with van der Waals surface area (Å²) >= 11 is 6.58. The average Bonchev–Trinajstić information content (AvgIpc) is 3.76. The largest absolute Gasteiger partial charge is 0.480 e. The van der Waals surface area contributed by atoms with Gasteiger partial charge in [-0.1, -0.05) is 23.6 Å². The van der Waals surface area contributed by atoms with Crippen LogP contribution < -0.4 is 14.9 Å². The number of halogens is 11. The number of aliphatic hydroxyl groups is 1. The number of hydrogen-bond acceptors (Lipinski definition) is 11. The van der Waals surface area contributed by atoms with Crippen molar-refractivity contribution >= 4 is 66.1 Å². The summed E-state index contributed by atoms with van der Waals surface area (Å²) in [6, 6.07) is 0.249. The molecule has 2 aliphatic rings. The maximum Gasteiger partial charge on any atom is 0.435 e. The molecule has 5 aromatic rings. The first-order valence-electron chi connectivity index (χ1n) is 21.4. The number of carbonyl (C=O) groups is 3. The molecule has 7 rings (SSSR count). The highest BCUT2D eigenvalue weighted by Gasteiger charge is 2.68. The maximum absolute atomic E-state index is 15.6. The van der Waals surface area contributed by atoms with Gasteiger partial charge in [0.05, 0.1) is 40.0 Å². The van der Waals surface area contributed by atoms with Crippen molar-refractivity contribution < 1.29 is 85.3 Å². The molecule has 4 N–H and O–H groups in total. The van der Waals surface area contributed by atoms with E-state index >= 15 is 8.78 Å². The summed E-state index contributed by atoms with van der Waals surface area (Å²) in [5, 5.41) is 29.6. The summed E-state index contributed by atoms with van der Waals surface area (Å²) in [5.74, 6) is -8.37. The van der Waals surface area contributed by atoms with Crippen LogP contribution in [0.3, 0.4) is 0 Å². The molecular weight excluding hydrogens is 1070 g/mol. The van der Waals surface area contributed by atoms with Crippen LogP contribution in [0.2, 0.25) is 5.02 Å². The lowest BCUT2D eigenvalue weighted by Crippen LogP contribution is -2.53. The summed E-state index contributed by atoms with van der Waals surface area (Å²) in [5.41, 5.74) is -6.46. The van der Waals surface area contributed by atoms with Gasteiger partial charge in [0, 0.05) is 34.9 Å². The Bertz CT molecular complexity index is 3420. The van der Waals surface area contributed by atoms with Gasteiger partial charge in [-0.15, -0.1) is 0 Å². The number of aliphatic hydroxyl groups excluding tert-OH is 1. The molecule has 17 nitrogen and oxygen atoms in total. The number of sulfonamides is 1. The van der Waals surface area contributed by atoms with Crippen LogP contribution in [0.4, 0.5) is 54.5 Å². The Kier molecular flexibility index (Phi) is 14.2. The molecule has 2 aromatic carbocycles. The van der Waals surface area contributed by atoms with Crippen LogP contribution in [0, 0.1) is 29.4 Å². The van der Waals surface area contributed by atoms with Crippen LogP contribution in [0.15, 0.2) is 42.5 Å². The first-order chi connectivity index (χ1) is 33.9. The van der Waals surface area contributed by atoms with E-state index in [-0.39, 0.29) is 31.3 Å². The predicted octanol–water partition coefficient (Wildman–Crippen LogP) is 6.60. The van der Waals surface area contributed by atoms with E-state index in [1.807, 2.05) is 0 Å². The molecule has 0 saturated heterocycles. The summed E-state index contributed by atoms with van der Waals surface area (Å²) in [4.78, 5) is 44.2. The van der Waals surface area contributed by atoms with Gasteiger partial charge in [0.1, 0.15) is 40.9 Å². The Morgan fingerprint density at radius 1 is 0.946 bits per heavy atom. The average molecular weight is 1110 g/mol. The van der Waals surface area contributed by atoms with Crippen molar-refractivity contribution in [2.24, 2.45) is 5.92 Å². The standard InChI is InChI=1S/C44H39ClF10N8O9S2/c1-19(64)33(39(66)67)58-40(68)63(74(5,71)72)38-32-28(45)9-8-25(35(32)62(60-38)18-42(48,49)50)24-7-6-23(10-11-41(2,3)73(4,69)70)56-34(24)29(14-20-12-21(46)15-22(47)13-20)57-30(65)17-61-37-31(36(59-61)44(53,54)55)26-16-27(26)43(37,51)52/h6-9,12-13,15,19,26-27,29,33,64H,14,16-18H2,1-5H3,(H,57,65)(H,58,68)(H,66,67)/t19?,26-,27+,29?,33?/m0/s1. The van der Waals surface area contributed by atoms with Crippen LogP contribution in [0.1, 0.15) is 73.1 Å². The highest BCUT2D eigenvalue weighted by molar-refractivity contribution is 7.93. The summed E-state index contributed by atoms with van der Waals surface area (Å²) in [6.45, 7) is -0.106. The smallest absolute Gasteiger partial charge is 0.435 e. The lowest BCUT2D eigenvalue weighted by molar-refractivity contribution is -0.143. The number of pyridine rings is 1. The highest BCUT2D eigenvalue weighted by Crippen LogP contribution is 2.68. The molecular formula is C44H39ClF10N8O9S2. The molecule has 0 spiro atoms. The van der Waals surface area contributed by atoms with Gasteiger partial charge >= 0.3 is 24.4 Å². The van der Waals surface area contributed by atoms with Crippen molar-refractivity contribution in [2.75, 3.05) is 16.8 Å². The number of nitrogens with zero attached hydrogens (tertiary/aromatic N) is 6.